The highest BCUT2D eigenvalue weighted by Gasteiger charge is 2.17. The third kappa shape index (κ3) is 4.29. The first kappa shape index (κ1) is 12.9. The molecule has 2 heterocycles. The fraction of sp³-hybridized carbons (Fsp3) is 0.818. The van der Waals surface area contributed by atoms with E-state index in [1.807, 2.05) is 18.7 Å². The highest BCUT2D eigenvalue weighted by atomic mass is 32.2. The molecular weight excluding hydrogens is 238 g/mol. The lowest BCUT2D eigenvalue weighted by molar-refractivity contribution is 0.149. The van der Waals surface area contributed by atoms with Gasteiger partial charge in [-0.2, -0.15) is 16.7 Å². The second kappa shape index (κ2) is 6.98. The van der Waals surface area contributed by atoms with Crippen LogP contribution < -0.4 is 5.32 Å². The van der Waals surface area contributed by atoms with Gasteiger partial charge >= 0.3 is 0 Å². The zero-order valence-electron chi connectivity index (χ0n) is 10.1. The van der Waals surface area contributed by atoms with E-state index in [-0.39, 0.29) is 0 Å². The molecule has 96 valence electrons. The molecule has 1 unspecified atom stereocenters. The molecule has 0 bridgehead atoms. The van der Waals surface area contributed by atoms with Gasteiger partial charge in [0.05, 0.1) is 6.61 Å². The topological polar surface area (TPSA) is 60.2 Å². The maximum absolute atomic E-state index is 5.26. The Kier molecular flexibility index (Phi) is 5.28. The molecule has 0 radical (unpaired) electrons. The van der Waals surface area contributed by atoms with Crippen LogP contribution in [0.2, 0.25) is 0 Å². The zero-order valence-corrected chi connectivity index (χ0v) is 11.0. The van der Waals surface area contributed by atoms with Crippen LogP contribution in [0.4, 0.5) is 0 Å². The summed E-state index contributed by atoms with van der Waals surface area (Å²) in [7, 11) is 0. The number of ether oxygens (including phenoxy) is 1. The second-order valence-corrected chi connectivity index (χ2v) is 5.13. The van der Waals surface area contributed by atoms with Crippen molar-refractivity contribution >= 4 is 11.8 Å². The Bertz CT molecular complexity index is 326. The van der Waals surface area contributed by atoms with Gasteiger partial charge in [-0.3, -0.25) is 0 Å². The molecule has 0 spiro atoms. The van der Waals surface area contributed by atoms with E-state index in [0.29, 0.717) is 12.6 Å². The van der Waals surface area contributed by atoms with E-state index in [2.05, 4.69) is 15.5 Å². The van der Waals surface area contributed by atoms with Crippen LogP contribution in [0.3, 0.4) is 0 Å². The van der Waals surface area contributed by atoms with Crippen LogP contribution in [0.5, 0.6) is 0 Å². The number of hydrogen-bond donors (Lipinski definition) is 1. The molecule has 1 aromatic heterocycles. The minimum absolute atomic E-state index is 0.467. The molecule has 0 aromatic carbocycles. The molecule has 2 rings (SSSR count). The van der Waals surface area contributed by atoms with E-state index in [4.69, 9.17) is 9.26 Å². The molecule has 1 N–H and O–H groups in total. The van der Waals surface area contributed by atoms with Crippen LogP contribution >= 0.6 is 11.8 Å². The number of aromatic nitrogens is 2. The molecule has 1 atom stereocenters. The number of hydrogen-bond acceptors (Lipinski definition) is 6. The van der Waals surface area contributed by atoms with Gasteiger partial charge in [-0.05, 0) is 6.92 Å². The van der Waals surface area contributed by atoms with E-state index in [9.17, 15) is 0 Å². The van der Waals surface area contributed by atoms with Gasteiger partial charge in [0.2, 0.25) is 5.89 Å². The van der Waals surface area contributed by atoms with Crippen molar-refractivity contribution in [2.24, 2.45) is 0 Å². The second-order valence-electron chi connectivity index (χ2n) is 3.98. The lowest BCUT2D eigenvalue weighted by Crippen LogP contribution is -2.38. The summed E-state index contributed by atoms with van der Waals surface area (Å²) in [5.74, 6) is 3.80. The third-order valence-corrected chi connectivity index (χ3v) is 3.73. The normalized spacial score (nSPS) is 20.6. The molecule has 0 saturated carbocycles. The van der Waals surface area contributed by atoms with Crippen LogP contribution in [0, 0.1) is 0 Å². The van der Waals surface area contributed by atoms with Crippen molar-refractivity contribution in [1.29, 1.82) is 0 Å². The van der Waals surface area contributed by atoms with Crippen molar-refractivity contribution < 1.29 is 9.26 Å². The Morgan fingerprint density at radius 2 is 2.53 bits per heavy atom. The van der Waals surface area contributed by atoms with Crippen molar-refractivity contribution in [3.05, 3.63) is 11.7 Å². The molecule has 0 aliphatic carbocycles. The van der Waals surface area contributed by atoms with Crippen LogP contribution in [-0.2, 0) is 17.6 Å². The van der Waals surface area contributed by atoms with Crippen molar-refractivity contribution in [3.63, 3.8) is 0 Å². The number of nitrogens with one attached hydrogen (secondary N) is 1. The minimum atomic E-state index is 0.467. The molecule has 0 amide bonds. The van der Waals surface area contributed by atoms with Crippen LogP contribution in [0.25, 0.3) is 0 Å². The van der Waals surface area contributed by atoms with Crippen LogP contribution in [-0.4, -0.2) is 47.4 Å². The Morgan fingerprint density at radius 1 is 1.59 bits per heavy atom. The first-order valence-corrected chi connectivity index (χ1v) is 7.24. The Hall–Kier alpha value is -0.590. The van der Waals surface area contributed by atoms with Gasteiger partial charge in [0.15, 0.2) is 5.82 Å². The molecule has 5 nitrogen and oxygen atoms in total. The quantitative estimate of drug-likeness (QED) is 0.764. The highest BCUT2D eigenvalue weighted by molar-refractivity contribution is 7.99. The molecule has 1 aliphatic heterocycles. The van der Waals surface area contributed by atoms with Gasteiger partial charge in [0.1, 0.15) is 0 Å². The highest BCUT2D eigenvalue weighted by Crippen LogP contribution is 2.11. The molecular formula is C11H19N3O2S. The Labute approximate surface area is 106 Å². The van der Waals surface area contributed by atoms with E-state index >= 15 is 0 Å². The van der Waals surface area contributed by atoms with Crippen molar-refractivity contribution in [1.82, 2.24) is 15.5 Å². The maximum atomic E-state index is 5.26. The number of rotatable bonds is 6. The fourth-order valence-corrected chi connectivity index (χ4v) is 2.69. The summed E-state index contributed by atoms with van der Waals surface area (Å²) >= 11 is 1.97. The standard InChI is InChI=1S/C11H19N3O2S/c1-2-15-5-3-10-13-11(16-14-10)7-9-8-17-6-4-12-9/h9,12H,2-8H2,1H3. The van der Waals surface area contributed by atoms with Gasteiger partial charge in [0, 0.05) is 43.5 Å². The average molecular weight is 257 g/mol. The number of nitrogens with zero attached hydrogens (tertiary/aromatic N) is 2. The van der Waals surface area contributed by atoms with Crippen LogP contribution in [0.1, 0.15) is 18.6 Å². The maximum Gasteiger partial charge on any atom is 0.228 e. The lowest BCUT2D eigenvalue weighted by Gasteiger charge is -2.21. The summed E-state index contributed by atoms with van der Waals surface area (Å²) in [6.07, 6.45) is 1.55. The molecule has 1 fully saturated rings. The summed E-state index contributed by atoms with van der Waals surface area (Å²) in [5, 5.41) is 7.41. The zero-order chi connectivity index (χ0) is 11.9. The summed E-state index contributed by atoms with van der Waals surface area (Å²) in [4.78, 5) is 4.37. The van der Waals surface area contributed by atoms with E-state index in [1.54, 1.807) is 0 Å². The van der Waals surface area contributed by atoms with Crippen molar-refractivity contribution in [3.8, 4) is 0 Å². The van der Waals surface area contributed by atoms with Crippen molar-refractivity contribution in [2.45, 2.75) is 25.8 Å². The van der Waals surface area contributed by atoms with Gasteiger partial charge in [-0.1, -0.05) is 5.16 Å². The van der Waals surface area contributed by atoms with Crippen molar-refractivity contribution in [2.75, 3.05) is 31.3 Å². The van der Waals surface area contributed by atoms with Gasteiger partial charge < -0.3 is 14.6 Å². The van der Waals surface area contributed by atoms with E-state index in [0.717, 1.165) is 43.5 Å². The smallest absolute Gasteiger partial charge is 0.228 e. The first-order chi connectivity index (χ1) is 8.38. The lowest BCUT2D eigenvalue weighted by atomic mass is 10.2. The Morgan fingerprint density at radius 3 is 3.29 bits per heavy atom. The average Bonchev–Trinajstić information content (AvgIpc) is 2.79. The minimum Gasteiger partial charge on any atom is -0.381 e. The summed E-state index contributed by atoms with van der Waals surface area (Å²) in [6, 6.07) is 0.467. The summed E-state index contributed by atoms with van der Waals surface area (Å²) in [5.41, 5.74) is 0. The predicted octanol–water partition coefficient (Wildman–Crippen LogP) is 0.896. The predicted molar refractivity (Wildman–Crippen MR) is 67.3 cm³/mol. The monoisotopic (exact) mass is 257 g/mol. The van der Waals surface area contributed by atoms with Gasteiger partial charge in [-0.25, -0.2) is 0 Å². The third-order valence-electron chi connectivity index (χ3n) is 2.60. The summed E-state index contributed by atoms with van der Waals surface area (Å²) < 4.78 is 10.5. The SMILES string of the molecule is CCOCCc1noc(CC2CSCCN2)n1. The molecule has 1 saturated heterocycles. The Balaban J connectivity index is 1.76. The van der Waals surface area contributed by atoms with Gasteiger partial charge in [0.25, 0.3) is 0 Å². The van der Waals surface area contributed by atoms with E-state index < -0.39 is 0 Å². The molecule has 6 heteroatoms. The van der Waals surface area contributed by atoms with Gasteiger partial charge in [-0.15, -0.1) is 0 Å². The van der Waals surface area contributed by atoms with E-state index in [1.165, 1.54) is 5.75 Å². The van der Waals surface area contributed by atoms with Crippen LogP contribution in [0.15, 0.2) is 4.52 Å². The number of thioether (sulfide) groups is 1. The summed E-state index contributed by atoms with van der Waals surface area (Å²) in [6.45, 7) is 4.44. The molecule has 17 heavy (non-hydrogen) atoms. The molecule has 1 aromatic rings. The largest absolute Gasteiger partial charge is 0.381 e. The first-order valence-electron chi connectivity index (χ1n) is 6.09. The fourth-order valence-electron chi connectivity index (χ4n) is 1.74. The molecule has 1 aliphatic rings.